The summed E-state index contributed by atoms with van der Waals surface area (Å²) in [6.07, 6.45) is 3.63. The zero-order valence-corrected chi connectivity index (χ0v) is 11.8. The Balaban J connectivity index is 2.03. The second-order valence-electron chi connectivity index (χ2n) is 5.69. The summed E-state index contributed by atoms with van der Waals surface area (Å²) in [5.74, 6) is 1.63. The van der Waals surface area contributed by atoms with Gasteiger partial charge in [0.2, 0.25) is 0 Å². The van der Waals surface area contributed by atoms with Crippen LogP contribution in [0.4, 0.5) is 5.82 Å². The van der Waals surface area contributed by atoms with Crippen molar-refractivity contribution in [3.05, 3.63) is 35.9 Å². The van der Waals surface area contributed by atoms with Crippen molar-refractivity contribution in [2.45, 2.75) is 26.2 Å². The van der Waals surface area contributed by atoms with E-state index in [-0.39, 0.29) is 0 Å². The highest BCUT2D eigenvalue weighted by Crippen LogP contribution is 2.26. The Bertz CT molecular complexity index is 657. The summed E-state index contributed by atoms with van der Waals surface area (Å²) < 4.78 is 0. The van der Waals surface area contributed by atoms with Gasteiger partial charge in [0.25, 0.3) is 0 Å². The first-order valence-corrected chi connectivity index (χ1v) is 7.33. The topological polar surface area (TPSA) is 39.9 Å². The molecule has 3 rings (SSSR count). The zero-order chi connectivity index (χ0) is 13.9. The van der Waals surface area contributed by atoms with E-state index in [0.717, 1.165) is 35.7 Å². The van der Waals surface area contributed by atoms with Gasteiger partial charge in [-0.2, -0.15) is 5.26 Å². The van der Waals surface area contributed by atoms with Crippen molar-refractivity contribution < 1.29 is 0 Å². The molecular formula is C17H19N3. The van der Waals surface area contributed by atoms with Gasteiger partial charge in [0.05, 0.1) is 11.1 Å². The molecule has 0 N–H and O–H groups in total. The quantitative estimate of drug-likeness (QED) is 0.788. The molecule has 1 atom stereocenters. The van der Waals surface area contributed by atoms with E-state index in [4.69, 9.17) is 4.98 Å². The molecule has 3 nitrogen and oxygen atoms in total. The first-order chi connectivity index (χ1) is 9.78. The average Bonchev–Trinajstić information content (AvgIpc) is 2.70. The van der Waals surface area contributed by atoms with E-state index in [9.17, 15) is 5.26 Å². The molecule has 0 aliphatic carbocycles. The van der Waals surface area contributed by atoms with E-state index < -0.39 is 0 Å². The fraction of sp³-hybridized carbons (Fsp3) is 0.412. The van der Waals surface area contributed by atoms with Crippen molar-refractivity contribution in [3.8, 4) is 6.07 Å². The lowest BCUT2D eigenvalue weighted by atomic mass is 10.0. The van der Waals surface area contributed by atoms with E-state index in [0.29, 0.717) is 5.56 Å². The van der Waals surface area contributed by atoms with Crippen LogP contribution in [0.5, 0.6) is 0 Å². The number of hydrogen-bond acceptors (Lipinski definition) is 3. The minimum absolute atomic E-state index is 0.693. The zero-order valence-electron chi connectivity index (χ0n) is 11.8. The molecule has 1 fully saturated rings. The Morgan fingerprint density at radius 3 is 2.95 bits per heavy atom. The van der Waals surface area contributed by atoms with Crippen LogP contribution >= 0.6 is 0 Å². The van der Waals surface area contributed by atoms with Crippen LogP contribution in [0.2, 0.25) is 0 Å². The number of rotatable bonds is 1. The highest BCUT2D eigenvalue weighted by Gasteiger charge is 2.18. The molecule has 3 heteroatoms. The second-order valence-corrected chi connectivity index (χ2v) is 5.69. The molecule has 0 saturated carbocycles. The van der Waals surface area contributed by atoms with Crippen molar-refractivity contribution >= 4 is 16.7 Å². The third kappa shape index (κ3) is 2.46. The van der Waals surface area contributed by atoms with E-state index in [1.54, 1.807) is 0 Å². The Morgan fingerprint density at radius 2 is 2.10 bits per heavy atom. The number of para-hydroxylation sites is 1. The first kappa shape index (κ1) is 12.9. The monoisotopic (exact) mass is 265 g/mol. The van der Waals surface area contributed by atoms with E-state index in [1.165, 1.54) is 19.3 Å². The Kier molecular flexibility index (Phi) is 3.56. The van der Waals surface area contributed by atoms with Crippen LogP contribution in [-0.4, -0.2) is 18.1 Å². The van der Waals surface area contributed by atoms with Crippen molar-refractivity contribution in [2.24, 2.45) is 5.92 Å². The predicted molar refractivity (Wildman–Crippen MR) is 81.7 cm³/mol. The second kappa shape index (κ2) is 5.50. The van der Waals surface area contributed by atoms with Crippen LogP contribution in [0.15, 0.2) is 30.3 Å². The summed E-state index contributed by atoms with van der Waals surface area (Å²) in [5, 5.41) is 10.5. The fourth-order valence-corrected chi connectivity index (χ4v) is 2.90. The average molecular weight is 265 g/mol. The number of aromatic nitrogens is 1. The maximum absolute atomic E-state index is 9.41. The lowest BCUT2D eigenvalue weighted by molar-refractivity contribution is 0.521. The summed E-state index contributed by atoms with van der Waals surface area (Å²) in [6.45, 7) is 4.31. The number of nitrogens with zero attached hydrogens (tertiary/aromatic N) is 3. The van der Waals surface area contributed by atoms with Gasteiger partial charge in [-0.15, -0.1) is 0 Å². The van der Waals surface area contributed by atoms with Gasteiger partial charge in [0, 0.05) is 18.5 Å². The smallest absolute Gasteiger partial charge is 0.147 e. The minimum Gasteiger partial charge on any atom is -0.355 e. The number of fused-ring (bicyclic) bond motifs is 1. The molecule has 1 saturated heterocycles. The highest BCUT2D eigenvalue weighted by atomic mass is 15.2. The van der Waals surface area contributed by atoms with Crippen LogP contribution in [0.1, 0.15) is 31.7 Å². The third-order valence-electron chi connectivity index (χ3n) is 4.14. The van der Waals surface area contributed by atoms with Crippen LogP contribution < -0.4 is 4.90 Å². The molecule has 0 spiro atoms. The summed E-state index contributed by atoms with van der Waals surface area (Å²) in [6, 6.07) is 12.3. The number of benzene rings is 1. The Labute approximate surface area is 119 Å². The third-order valence-corrected chi connectivity index (χ3v) is 4.14. The van der Waals surface area contributed by atoms with Crippen molar-refractivity contribution in [3.63, 3.8) is 0 Å². The molecule has 0 radical (unpaired) electrons. The van der Waals surface area contributed by atoms with E-state index in [2.05, 4.69) is 17.9 Å². The lowest BCUT2D eigenvalue weighted by Gasteiger charge is -2.23. The Morgan fingerprint density at radius 1 is 1.25 bits per heavy atom. The van der Waals surface area contributed by atoms with Gasteiger partial charge in [-0.1, -0.05) is 25.1 Å². The molecule has 1 aliphatic heterocycles. The first-order valence-electron chi connectivity index (χ1n) is 7.33. The maximum atomic E-state index is 9.41. The van der Waals surface area contributed by atoms with Gasteiger partial charge in [0.15, 0.2) is 0 Å². The molecule has 1 aliphatic rings. The molecule has 1 aromatic carbocycles. The van der Waals surface area contributed by atoms with Gasteiger partial charge < -0.3 is 4.90 Å². The molecule has 20 heavy (non-hydrogen) atoms. The number of hydrogen-bond donors (Lipinski definition) is 0. The van der Waals surface area contributed by atoms with Gasteiger partial charge >= 0.3 is 0 Å². The lowest BCUT2D eigenvalue weighted by Crippen LogP contribution is -2.26. The summed E-state index contributed by atoms with van der Waals surface area (Å²) in [4.78, 5) is 7.03. The van der Waals surface area contributed by atoms with Gasteiger partial charge in [0.1, 0.15) is 11.9 Å². The fourth-order valence-electron chi connectivity index (χ4n) is 2.90. The molecule has 0 bridgehead atoms. The van der Waals surface area contributed by atoms with Crippen molar-refractivity contribution in [1.29, 1.82) is 5.26 Å². The molecule has 1 unspecified atom stereocenters. The van der Waals surface area contributed by atoms with Crippen molar-refractivity contribution in [2.75, 3.05) is 18.0 Å². The Hall–Kier alpha value is -2.08. The highest BCUT2D eigenvalue weighted by molar-refractivity contribution is 5.83. The summed E-state index contributed by atoms with van der Waals surface area (Å²) >= 11 is 0. The predicted octanol–water partition coefficient (Wildman–Crippen LogP) is 3.73. The normalized spacial score (nSPS) is 19.6. The van der Waals surface area contributed by atoms with Crippen LogP contribution in [-0.2, 0) is 0 Å². The molecule has 102 valence electrons. The minimum atomic E-state index is 0.693. The van der Waals surface area contributed by atoms with E-state index >= 15 is 0 Å². The molecule has 1 aromatic heterocycles. The van der Waals surface area contributed by atoms with Gasteiger partial charge in [-0.3, -0.25) is 0 Å². The molecular weight excluding hydrogens is 246 g/mol. The van der Waals surface area contributed by atoms with Gasteiger partial charge in [-0.25, -0.2) is 4.98 Å². The summed E-state index contributed by atoms with van der Waals surface area (Å²) in [7, 11) is 0. The largest absolute Gasteiger partial charge is 0.355 e. The van der Waals surface area contributed by atoms with E-state index in [1.807, 2.05) is 30.3 Å². The number of pyridine rings is 1. The maximum Gasteiger partial charge on any atom is 0.147 e. The molecule has 2 heterocycles. The SMILES string of the molecule is CC1CCCN(c2nc3ccccc3cc2C#N)CC1. The van der Waals surface area contributed by atoms with Crippen LogP contribution in [0, 0.1) is 17.2 Å². The summed E-state index contributed by atoms with van der Waals surface area (Å²) in [5.41, 5.74) is 1.66. The number of nitriles is 1. The van der Waals surface area contributed by atoms with Gasteiger partial charge in [-0.05, 0) is 37.3 Å². The van der Waals surface area contributed by atoms with Crippen molar-refractivity contribution in [1.82, 2.24) is 4.98 Å². The van der Waals surface area contributed by atoms with Crippen LogP contribution in [0.25, 0.3) is 10.9 Å². The molecule has 2 aromatic rings. The number of anilines is 1. The van der Waals surface area contributed by atoms with Crippen LogP contribution in [0.3, 0.4) is 0 Å². The standard InChI is InChI=1S/C17H19N3/c1-13-5-4-9-20(10-8-13)17-15(12-18)11-14-6-2-3-7-16(14)19-17/h2-3,6-7,11,13H,4-5,8-10H2,1H3. The molecule has 0 amide bonds.